The molecule has 1 saturated carbocycles. The van der Waals surface area contributed by atoms with E-state index in [1.807, 2.05) is 0 Å². The zero-order valence-electron chi connectivity index (χ0n) is 6.93. The van der Waals surface area contributed by atoms with Crippen LogP contribution in [0.5, 0.6) is 0 Å². The normalized spacial score (nSPS) is 26.5. The summed E-state index contributed by atoms with van der Waals surface area (Å²) in [7, 11) is 0. The van der Waals surface area contributed by atoms with Gasteiger partial charge in [-0.3, -0.25) is 4.79 Å². The fraction of sp³-hybridized carbons (Fsp3) is 0.500. The van der Waals surface area contributed by atoms with Crippen molar-refractivity contribution in [3.63, 3.8) is 0 Å². The molecule has 1 aliphatic carbocycles. The van der Waals surface area contributed by atoms with Crippen molar-refractivity contribution in [3.8, 4) is 0 Å². The molecule has 1 aromatic rings. The lowest BCUT2D eigenvalue weighted by Gasteiger charge is -2.31. The summed E-state index contributed by atoms with van der Waals surface area (Å²) in [6.45, 7) is 0. The van der Waals surface area contributed by atoms with Gasteiger partial charge < -0.3 is 10.4 Å². The highest BCUT2D eigenvalue weighted by molar-refractivity contribution is 7.07. The average Bonchev–Trinajstić information content (AvgIpc) is 2.53. The van der Waals surface area contributed by atoms with E-state index in [0.717, 1.165) is 0 Å². The maximum Gasteiger partial charge on any atom is 0.270 e. The predicted molar refractivity (Wildman–Crippen MR) is 48.6 cm³/mol. The predicted octanol–water partition coefficient (Wildman–Crippen LogP) is 0.396. The summed E-state index contributed by atoms with van der Waals surface area (Å²) >= 11 is 1.40. The van der Waals surface area contributed by atoms with Crippen LogP contribution >= 0.6 is 11.3 Å². The Morgan fingerprint density at radius 3 is 3.00 bits per heavy atom. The molecule has 2 rings (SSSR count). The Kier molecular flexibility index (Phi) is 2.28. The van der Waals surface area contributed by atoms with Crippen LogP contribution in [-0.4, -0.2) is 28.1 Å². The first-order chi connectivity index (χ1) is 6.25. The highest BCUT2D eigenvalue weighted by atomic mass is 32.1. The Labute approximate surface area is 79.6 Å². The first-order valence-corrected chi connectivity index (χ1v) is 5.07. The van der Waals surface area contributed by atoms with E-state index in [-0.39, 0.29) is 18.1 Å². The van der Waals surface area contributed by atoms with E-state index >= 15 is 0 Å². The second-order valence-electron chi connectivity index (χ2n) is 3.17. The first kappa shape index (κ1) is 8.65. The zero-order chi connectivity index (χ0) is 9.26. The first-order valence-electron chi connectivity index (χ1n) is 4.13. The number of rotatable bonds is 2. The molecule has 13 heavy (non-hydrogen) atoms. The Morgan fingerprint density at radius 1 is 1.69 bits per heavy atom. The molecule has 1 aromatic heterocycles. The van der Waals surface area contributed by atoms with Crippen molar-refractivity contribution in [2.75, 3.05) is 0 Å². The Hall–Kier alpha value is -0.940. The molecule has 0 aliphatic heterocycles. The lowest BCUT2D eigenvalue weighted by molar-refractivity contribution is 0.0561. The number of aliphatic hydroxyl groups excluding tert-OH is 1. The minimum absolute atomic E-state index is 0.129. The molecule has 1 fully saturated rings. The third kappa shape index (κ3) is 1.87. The van der Waals surface area contributed by atoms with Gasteiger partial charge in [-0.2, -0.15) is 0 Å². The van der Waals surface area contributed by atoms with E-state index in [1.54, 1.807) is 10.9 Å². The number of carbonyl (C=O) groups is 1. The Morgan fingerprint density at radius 2 is 2.46 bits per heavy atom. The molecule has 5 heteroatoms. The van der Waals surface area contributed by atoms with Crippen LogP contribution in [0.15, 0.2) is 10.9 Å². The summed E-state index contributed by atoms with van der Waals surface area (Å²) in [6.07, 6.45) is 1.09. The summed E-state index contributed by atoms with van der Waals surface area (Å²) < 4.78 is 0. The van der Waals surface area contributed by atoms with Gasteiger partial charge in [0.2, 0.25) is 0 Å². The van der Waals surface area contributed by atoms with Crippen molar-refractivity contribution in [2.24, 2.45) is 0 Å². The highest BCUT2D eigenvalue weighted by Crippen LogP contribution is 2.19. The number of aromatic nitrogens is 1. The van der Waals surface area contributed by atoms with Crippen molar-refractivity contribution in [1.29, 1.82) is 0 Å². The van der Waals surface area contributed by atoms with Gasteiger partial charge in [0.05, 0.1) is 11.6 Å². The van der Waals surface area contributed by atoms with Crippen molar-refractivity contribution in [1.82, 2.24) is 10.3 Å². The maximum absolute atomic E-state index is 11.4. The number of hydrogen-bond donors (Lipinski definition) is 2. The van der Waals surface area contributed by atoms with Gasteiger partial charge in [-0.25, -0.2) is 4.98 Å². The minimum Gasteiger partial charge on any atom is -0.393 e. The third-order valence-electron chi connectivity index (χ3n) is 2.11. The molecule has 0 spiro atoms. The van der Waals surface area contributed by atoms with Crippen LogP contribution in [0.4, 0.5) is 0 Å². The van der Waals surface area contributed by atoms with Gasteiger partial charge in [-0.05, 0) is 12.8 Å². The standard InChI is InChI=1S/C8H10N2O2S/c11-6-1-5(2-6)10-8(12)7-3-13-4-9-7/h3-6,11H,1-2H2,(H,10,12). The minimum atomic E-state index is -0.235. The largest absolute Gasteiger partial charge is 0.393 e. The van der Waals surface area contributed by atoms with E-state index in [1.165, 1.54) is 11.3 Å². The smallest absolute Gasteiger partial charge is 0.270 e. The molecule has 70 valence electrons. The number of carbonyl (C=O) groups excluding carboxylic acids is 1. The molecule has 1 amide bonds. The van der Waals surface area contributed by atoms with E-state index in [0.29, 0.717) is 18.5 Å². The van der Waals surface area contributed by atoms with Crippen molar-refractivity contribution in [3.05, 3.63) is 16.6 Å². The average molecular weight is 198 g/mol. The van der Waals surface area contributed by atoms with Gasteiger partial charge in [-0.15, -0.1) is 11.3 Å². The molecule has 4 nitrogen and oxygen atoms in total. The van der Waals surface area contributed by atoms with Gasteiger partial charge in [0, 0.05) is 11.4 Å². The molecule has 0 unspecified atom stereocenters. The second kappa shape index (κ2) is 3.43. The van der Waals surface area contributed by atoms with Crippen molar-refractivity contribution < 1.29 is 9.90 Å². The van der Waals surface area contributed by atoms with Crippen LogP contribution < -0.4 is 5.32 Å². The fourth-order valence-electron chi connectivity index (χ4n) is 1.29. The van der Waals surface area contributed by atoms with E-state index in [4.69, 9.17) is 5.11 Å². The Balaban J connectivity index is 1.86. The summed E-state index contributed by atoms with van der Waals surface area (Å²) in [5, 5.41) is 13.5. The van der Waals surface area contributed by atoms with Crippen LogP contribution in [0.25, 0.3) is 0 Å². The highest BCUT2D eigenvalue weighted by Gasteiger charge is 2.28. The van der Waals surface area contributed by atoms with Crippen molar-refractivity contribution >= 4 is 17.2 Å². The second-order valence-corrected chi connectivity index (χ2v) is 3.89. The monoisotopic (exact) mass is 198 g/mol. The van der Waals surface area contributed by atoms with Gasteiger partial charge in [0.15, 0.2) is 0 Å². The van der Waals surface area contributed by atoms with Crippen LogP contribution in [-0.2, 0) is 0 Å². The summed E-state index contributed by atoms with van der Waals surface area (Å²) in [6, 6.07) is 0.129. The van der Waals surface area contributed by atoms with E-state index in [2.05, 4.69) is 10.3 Å². The summed E-state index contributed by atoms with van der Waals surface area (Å²) in [5.74, 6) is -0.141. The SMILES string of the molecule is O=C(NC1CC(O)C1)c1cscn1. The van der Waals surface area contributed by atoms with Crippen LogP contribution in [0, 0.1) is 0 Å². The Bertz CT molecular complexity index is 293. The molecular weight excluding hydrogens is 188 g/mol. The molecule has 1 aliphatic rings. The third-order valence-corrected chi connectivity index (χ3v) is 2.70. The molecule has 0 radical (unpaired) electrons. The van der Waals surface area contributed by atoms with Gasteiger partial charge >= 0.3 is 0 Å². The molecule has 0 aromatic carbocycles. The number of hydrogen-bond acceptors (Lipinski definition) is 4. The fourth-order valence-corrected chi connectivity index (χ4v) is 1.82. The number of thiazole rings is 1. The van der Waals surface area contributed by atoms with Gasteiger partial charge in [0.1, 0.15) is 5.69 Å². The number of nitrogens with zero attached hydrogens (tertiary/aromatic N) is 1. The van der Waals surface area contributed by atoms with Gasteiger partial charge in [0.25, 0.3) is 5.91 Å². The maximum atomic E-state index is 11.4. The van der Waals surface area contributed by atoms with Crippen LogP contribution in [0.1, 0.15) is 23.3 Å². The summed E-state index contributed by atoms with van der Waals surface area (Å²) in [4.78, 5) is 15.3. The number of nitrogens with one attached hydrogen (secondary N) is 1. The molecule has 2 N–H and O–H groups in total. The topological polar surface area (TPSA) is 62.2 Å². The van der Waals surface area contributed by atoms with Crippen molar-refractivity contribution in [2.45, 2.75) is 25.0 Å². The summed E-state index contributed by atoms with van der Waals surface area (Å²) in [5.41, 5.74) is 2.09. The van der Waals surface area contributed by atoms with E-state index < -0.39 is 0 Å². The lowest BCUT2D eigenvalue weighted by Crippen LogP contribution is -2.46. The van der Waals surface area contributed by atoms with Crippen LogP contribution in [0.3, 0.4) is 0 Å². The number of aliphatic hydroxyl groups is 1. The molecule has 0 atom stereocenters. The van der Waals surface area contributed by atoms with Gasteiger partial charge in [-0.1, -0.05) is 0 Å². The van der Waals surface area contributed by atoms with E-state index in [9.17, 15) is 4.79 Å². The zero-order valence-corrected chi connectivity index (χ0v) is 7.75. The molecular formula is C8H10N2O2S. The molecule has 0 bridgehead atoms. The molecule has 1 heterocycles. The number of amides is 1. The quantitative estimate of drug-likeness (QED) is 0.723. The lowest BCUT2D eigenvalue weighted by atomic mass is 9.89. The molecule has 0 saturated heterocycles. The van der Waals surface area contributed by atoms with Crippen LogP contribution in [0.2, 0.25) is 0 Å².